The molecule has 4 nitrogen and oxygen atoms in total. The molecule has 16 heavy (non-hydrogen) atoms. The highest BCUT2D eigenvalue weighted by Gasteiger charge is 2.34. The van der Waals surface area contributed by atoms with E-state index in [1.807, 2.05) is 0 Å². The molecule has 1 aromatic heterocycles. The summed E-state index contributed by atoms with van der Waals surface area (Å²) in [5, 5.41) is 9.23. The highest BCUT2D eigenvalue weighted by atomic mass is 35.5. The Hall–Kier alpha value is -1.37. The molecule has 0 saturated heterocycles. The van der Waals surface area contributed by atoms with Crippen LogP contribution in [-0.4, -0.2) is 23.6 Å². The molecule has 0 aliphatic rings. The van der Waals surface area contributed by atoms with Crippen molar-refractivity contribution >= 4 is 11.6 Å². The van der Waals surface area contributed by atoms with Gasteiger partial charge in [0.05, 0.1) is 19.2 Å². The molecule has 1 rings (SSSR count). The quantitative estimate of drug-likeness (QED) is 0.845. The summed E-state index contributed by atoms with van der Waals surface area (Å²) >= 11 is 5.40. The first-order valence-corrected chi connectivity index (χ1v) is 4.49. The minimum atomic E-state index is -4.91. The number of hydrogen-bond donors (Lipinski definition) is 1. The maximum Gasteiger partial charge on any atom is 0.573 e. The lowest BCUT2D eigenvalue weighted by Gasteiger charge is -2.15. The molecule has 0 bridgehead atoms. The van der Waals surface area contributed by atoms with Crippen molar-refractivity contribution in [3.8, 4) is 17.2 Å². The second-order valence-electron chi connectivity index (χ2n) is 2.63. The van der Waals surface area contributed by atoms with Gasteiger partial charge in [0.1, 0.15) is 5.69 Å². The Morgan fingerprint density at radius 1 is 1.44 bits per heavy atom. The van der Waals surface area contributed by atoms with Crippen LogP contribution in [0.15, 0.2) is 6.20 Å². The summed E-state index contributed by atoms with van der Waals surface area (Å²) in [5.74, 6) is -2.05. The fourth-order valence-electron chi connectivity index (χ4n) is 1.02. The molecule has 1 heterocycles. The molecule has 0 radical (unpaired) electrons. The molecule has 0 saturated carbocycles. The zero-order chi connectivity index (χ0) is 12.3. The first-order chi connectivity index (χ1) is 7.39. The Kier molecular flexibility index (Phi) is 3.69. The average molecular weight is 258 g/mol. The molecule has 1 aromatic rings. The lowest BCUT2D eigenvalue weighted by molar-refractivity contribution is -0.275. The molecular formula is C8H7ClF3NO3. The van der Waals surface area contributed by atoms with E-state index >= 15 is 0 Å². The first-order valence-electron chi connectivity index (χ1n) is 3.95. The van der Waals surface area contributed by atoms with Gasteiger partial charge in [0.25, 0.3) is 0 Å². The second-order valence-corrected chi connectivity index (χ2v) is 2.90. The van der Waals surface area contributed by atoms with Gasteiger partial charge >= 0.3 is 6.36 Å². The van der Waals surface area contributed by atoms with Gasteiger partial charge in [-0.1, -0.05) is 0 Å². The van der Waals surface area contributed by atoms with Gasteiger partial charge < -0.3 is 14.6 Å². The Balaban J connectivity index is 3.25. The van der Waals surface area contributed by atoms with Crippen molar-refractivity contribution in [2.75, 3.05) is 7.11 Å². The average Bonchev–Trinajstić information content (AvgIpc) is 2.16. The van der Waals surface area contributed by atoms with Crippen LogP contribution in [0.5, 0.6) is 17.2 Å². The molecule has 0 fully saturated rings. The Morgan fingerprint density at radius 3 is 2.50 bits per heavy atom. The van der Waals surface area contributed by atoms with Crippen LogP contribution >= 0.6 is 11.6 Å². The van der Waals surface area contributed by atoms with E-state index in [9.17, 15) is 18.3 Å². The molecule has 1 N–H and O–H groups in total. The van der Waals surface area contributed by atoms with E-state index in [4.69, 9.17) is 11.6 Å². The zero-order valence-electron chi connectivity index (χ0n) is 8.01. The number of hydrogen-bond acceptors (Lipinski definition) is 4. The Labute approximate surface area is 93.6 Å². The fourth-order valence-corrected chi connectivity index (χ4v) is 1.21. The van der Waals surface area contributed by atoms with E-state index < -0.39 is 23.6 Å². The number of aromatic nitrogens is 1. The van der Waals surface area contributed by atoms with Crippen molar-refractivity contribution in [1.29, 1.82) is 0 Å². The molecular weight excluding hydrogens is 251 g/mol. The van der Waals surface area contributed by atoms with Crippen molar-refractivity contribution in [3.63, 3.8) is 0 Å². The lowest BCUT2D eigenvalue weighted by Crippen LogP contribution is -2.19. The summed E-state index contributed by atoms with van der Waals surface area (Å²) < 4.78 is 44.5. The van der Waals surface area contributed by atoms with Crippen molar-refractivity contribution < 1.29 is 27.8 Å². The van der Waals surface area contributed by atoms with Gasteiger partial charge in [0, 0.05) is 0 Å². The third kappa shape index (κ3) is 2.82. The highest BCUT2D eigenvalue weighted by molar-refractivity contribution is 6.17. The smallest absolute Gasteiger partial charge is 0.503 e. The molecule has 0 unspecified atom stereocenters. The summed E-state index contributed by atoms with van der Waals surface area (Å²) in [7, 11) is 1.09. The van der Waals surface area contributed by atoms with Gasteiger partial charge in [-0.2, -0.15) is 0 Å². The van der Waals surface area contributed by atoms with Crippen LogP contribution in [0, 0.1) is 0 Å². The van der Waals surface area contributed by atoms with Crippen LogP contribution < -0.4 is 9.47 Å². The summed E-state index contributed by atoms with van der Waals surface area (Å²) in [4.78, 5) is 3.50. The number of alkyl halides is 4. The zero-order valence-corrected chi connectivity index (χ0v) is 8.76. The molecule has 8 heteroatoms. The van der Waals surface area contributed by atoms with Crippen molar-refractivity contribution in [1.82, 2.24) is 4.98 Å². The van der Waals surface area contributed by atoms with Crippen LogP contribution in [0.25, 0.3) is 0 Å². The maximum absolute atomic E-state index is 12.1. The van der Waals surface area contributed by atoms with Gasteiger partial charge in [-0.05, 0) is 0 Å². The predicted octanol–water partition coefficient (Wildman–Crippen LogP) is 2.43. The SMILES string of the molecule is COc1c(O)cnc(CCl)c1OC(F)(F)F. The van der Waals surface area contributed by atoms with Crippen LogP contribution in [0.3, 0.4) is 0 Å². The van der Waals surface area contributed by atoms with Crippen LogP contribution in [-0.2, 0) is 5.88 Å². The van der Waals surface area contributed by atoms with Gasteiger partial charge in [-0.15, -0.1) is 24.8 Å². The Bertz CT molecular complexity index is 384. The van der Waals surface area contributed by atoms with E-state index in [-0.39, 0.29) is 11.6 Å². The maximum atomic E-state index is 12.1. The monoisotopic (exact) mass is 257 g/mol. The molecule has 0 aliphatic heterocycles. The molecule has 0 spiro atoms. The topological polar surface area (TPSA) is 51.6 Å². The normalized spacial score (nSPS) is 11.3. The van der Waals surface area contributed by atoms with E-state index in [1.54, 1.807) is 0 Å². The Morgan fingerprint density at radius 2 is 2.06 bits per heavy atom. The minimum Gasteiger partial charge on any atom is -0.503 e. The van der Waals surface area contributed by atoms with E-state index in [0.717, 1.165) is 13.3 Å². The van der Waals surface area contributed by atoms with Gasteiger partial charge in [0.15, 0.2) is 11.5 Å². The number of aromatic hydroxyl groups is 1. The second kappa shape index (κ2) is 4.65. The number of halogens is 4. The van der Waals surface area contributed by atoms with E-state index in [1.165, 1.54) is 0 Å². The standard InChI is InChI=1S/C8H7ClF3NO3/c1-15-7-5(14)3-13-4(2-9)6(7)16-8(10,11)12/h3,14H,2H2,1H3. The van der Waals surface area contributed by atoms with Crippen LogP contribution in [0.4, 0.5) is 13.2 Å². The number of nitrogens with zero attached hydrogens (tertiary/aromatic N) is 1. The highest BCUT2D eigenvalue weighted by Crippen LogP contribution is 2.40. The number of ether oxygens (including phenoxy) is 2. The van der Waals surface area contributed by atoms with Crippen LogP contribution in [0.2, 0.25) is 0 Å². The number of pyridine rings is 1. The molecule has 0 aromatic carbocycles. The van der Waals surface area contributed by atoms with Crippen molar-refractivity contribution in [2.24, 2.45) is 0 Å². The minimum absolute atomic E-state index is 0.173. The van der Waals surface area contributed by atoms with E-state index in [0.29, 0.717) is 0 Å². The van der Waals surface area contributed by atoms with Gasteiger partial charge in [-0.25, -0.2) is 0 Å². The first kappa shape index (κ1) is 12.7. The third-order valence-corrected chi connectivity index (χ3v) is 1.85. The molecule has 0 aliphatic carbocycles. The fraction of sp³-hybridized carbons (Fsp3) is 0.375. The molecule has 0 atom stereocenters. The van der Waals surface area contributed by atoms with Crippen molar-refractivity contribution in [2.45, 2.75) is 12.2 Å². The third-order valence-electron chi connectivity index (χ3n) is 1.59. The van der Waals surface area contributed by atoms with Gasteiger partial charge in [-0.3, -0.25) is 4.98 Å². The number of rotatable bonds is 3. The number of methoxy groups -OCH3 is 1. The summed E-state index contributed by atoms with van der Waals surface area (Å²) in [6.45, 7) is 0. The molecule has 0 amide bonds. The van der Waals surface area contributed by atoms with Gasteiger partial charge in [0.2, 0.25) is 5.75 Å². The summed E-state index contributed by atoms with van der Waals surface area (Å²) in [6.07, 6.45) is -3.98. The predicted molar refractivity (Wildman–Crippen MR) is 48.7 cm³/mol. The van der Waals surface area contributed by atoms with E-state index in [2.05, 4.69) is 14.5 Å². The van der Waals surface area contributed by atoms with Crippen LogP contribution in [0.1, 0.15) is 5.69 Å². The lowest BCUT2D eigenvalue weighted by atomic mass is 10.3. The van der Waals surface area contributed by atoms with Crippen molar-refractivity contribution in [3.05, 3.63) is 11.9 Å². The summed E-state index contributed by atoms with van der Waals surface area (Å²) in [6, 6.07) is 0. The largest absolute Gasteiger partial charge is 0.573 e. The summed E-state index contributed by atoms with van der Waals surface area (Å²) in [5.41, 5.74) is -0.173. The molecule has 90 valence electrons.